The summed E-state index contributed by atoms with van der Waals surface area (Å²) >= 11 is 9.56. The summed E-state index contributed by atoms with van der Waals surface area (Å²) in [5, 5.41) is 0.458. The minimum atomic E-state index is -0.0858. The first-order chi connectivity index (χ1) is 9.97. The molecule has 2 aromatic carbocycles. The summed E-state index contributed by atoms with van der Waals surface area (Å²) in [5.74, 6) is -0.0858. The summed E-state index contributed by atoms with van der Waals surface area (Å²) in [6, 6.07) is 11.0. The molecule has 3 nitrogen and oxygen atoms in total. The molecule has 0 bridgehead atoms. The first kappa shape index (κ1) is 14.4. The Kier molecular flexibility index (Phi) is 3.68. The fourth-order valence-corrected chi connectivity index (χ4v) is 3.31. The lowest BCUT2D eigenvalue weighted by Crippen LogP contribution is -2.35. The van der Waals surface area contributed by atoms with E-state index in [2.05, 4.69) is 15.9 Å². The zero-order valence-electron chi connectivity index (χ0n) is 11.4. The Morgan fingerprint density at radius 2 is 2.10 bits per heavy atom. The highest BCUT2D eigenvalue weighted by atomic mass is 79.9. The first-order valence-electron chi connectivity index (χ1n) is 6.64. The molecule has 2 N–H and O–H groups in total. The van der Waals surface area contributed by atoms with E-state index in [-0.39, 0.29) is 11.9 Å². The molecule has 1 amide bonds. The molecule has 0 radical (unpaired) electrons. The van der Waals surface area contributed by atoms with Gasteiger partial charge in [0.15, 0.2) is 0 Å². The molecule has 0 aliphatic carbocycles. The zero-order chi connectivity index (χ0) is 15.1. The van der Waals surface area contributed by atoms with Crippen molar-refractivity contribution in [1.82, 2.24) is 0 Å². The maximum Gasteiger partial charge on any atom is 0.260 e. The van der Waals surface area contributed by atoms with E-state index in [1.807, 2.05) is 31.2 Å². The highest BCUT2D eigenvalue weighted by molar-refractivity contribution is 9.10. The van der Waals surface area contributed by atoms with Crippen LogP contribution in [0.4, 0.5) is 11.4 Å². The Balaban J connectivity index is 2.05. The van der Waals surface area contributed by atoms with Crippen LogP contribution in [0.1, 0.15) is 22.8 Å². The predicted molar refractivity (Wildman–Crippen MR) is 90.0 cm³/mol. The second-order valence-electron chi connectivity index (χ2n) is 5.24. The third-order valence-corrected chi connectivity index (χ3v) is 4.52. The van der Waals surface area contributed by atoms with Crippen LogP contribution in [0.2, 0.25) is 5.02 Å². The predicted octanol–water partition coefficient (Wildman–Crippen LogP) is 4.28. The standard InChI is InChI=1S/C16H14BrClN2O/c1-9-6-10-7-12(19)3-5-15(10)20(9)16(21)13-8-11(17)2-4-14(13)18/h2-5,7-9H,6,19H2,1H3. The van der Waals surface area contributed by atoms with Gasteiger partial charge in [-0.3, -0.25) is 4.79 Å². The van der Waals surface area contributed by atoms with Gasteiger partial charge in [-0.15, -0.1) is 0 Å². The number of amides is 1. The van der Waals surface area contributed by atoms with E-state index in [1.165, 1.54) is 0 Å². The number of halogens is 2. The van der Waals surface area contributed by atoms with E-state index >= 15 is 0 Å². The quantitative estimate of drug-likeness (QED) is 0.767. The molecule has 2 aromatic rings. The van der Waals surface area contributed by atoms with Crippen molar-refractivity contribution in [3.63, 3.8) is 0 Å². The van der Waals surface area contributed by atoms with E-state index in [1.54, 1.807) is 17.0 Å². The normalized spacial score (nSPS) is 16.9. The fourth-order valence-electron chi connectivity index (χ4n) is 2.75. The Morgan fingerprint density at radius 3 is 2.86 bits per heavy atom. The highest BCUT2D eigenvalue weighted by Gasteiger charge is 2.32. The van der Waals surface area contributed by atoms with Crippen LogP contribution < -0.4 is 10.6 Å². The third-order valence-electron chi connectivity index (χ3n) is 3.70. The van der Waals surface area contributed by atoms with Gasteiger partial charge in [-0.2, -0.15) is 0 Å². The fraction of sp³-hybridized carbons (Fsp3) is 0.188. The number of hydrogen-bond acceptors (Lipinski definition) is 2. The van der Waals surface area contributed by atoms with Gasteiger partial charge in [0.1, 0.15) is 0 Å². The van der Waals surface area contributed by atoms with E-state index in [9.17, 15) is 4.79 Å². The van der Waals surface area contributed by atoms with Gasteiger partial charge in [-0.25, -0.2) is 0 Å². The largest absolute Gasteiger partial charge is 0.399 e. The lowest BCUT2D eigenvalue weighted by atomic mass is 10.1. The number of rotatable bonds is 1. The Labute approximate surface area is 136 Å². The number of hydrogen-bond donors (Lipinski definition) is 1. The van der Waals surface area contributed by atoms with E-state index < -0.39 is 0 Å². The van der Waals surface area contributed by atoms with Crippen LogP contribution >= 0.6 is 27.5 Å². The van der Waals surface area contributed by atoms with Crippen molar-refractivity contribution < 1.29 is 4.79 Å². The molecule has 1 atom stereocenters. The topological polar surface area (TPSA) is 46.3 Å². The van der Waals surface area contributed by atoms with Crippen LogP contribution in [0.3, 0.4) is 0 Å². The van der Waals surface area contributed by atoms with Crippen LogP contribution in [-0.2, 0) is 6.42 Å². The van der Waals surface area contributed by atoms with Crippen molar-refractivity contribution in [3.8, 4) is 0 Å². The Bertz CT molecular complexity index is 732. The molecule has 5 heteroatoms. The second-order valence-corrected chi connectivity index (χ2v) is 6.56. The van der Waals surface area contributed by atoms with Gasteiger partial charge in [0.25, 0.3) is 5.91 Å². The summed E-state index contributed by atoms with van der Waals surface area (Å²) in [6.45, 7) is 2.03. The van der Waals surface area contributed by atoms with Crippen molar-refractivity contribution in [2.45, 2.75) is 19.4 Å². The lowest BCUT2D eigenvalue weighted by molar-refractivity contribution is 0.0981. The van der Waals surface area contributed by atoms with Crippen LogP contribution in [0.25, 0.3) is 0 Å². The highest BCUT2D eigenvalue weighted by Crippen LogP contribution is 2.35. The van der Waals surface area contributed by atoms with Gasteiger partial charge in [-0.1, -0.05) is 27.5 Å². The third kappa shape index (κ3) is 2.54. The molecule has 0 spiro atoms. The monoisotopic (exact) mass is 364 g/mol. The molecule has 3 rings (SSSR count). The van der Waals surface area contributed by atoms with Crippen LogP contribution in [-0.4, -0.2) is 11.9 Å². The Hall–Kier alpha value is -1.52. The van der Waals surface area contributed by atoms with Gasteiger partial charge >= 0.3 is 0 Å². The maximum absolute atomic E-state index is 12.9. The maximum atomic E-state index is 12.9. The van der Waals surface area contributed by atoms with Gasteiger partial charge in [-0.05, 0) is 55.3 Å². The van der Waals surface area contributed by atoms with E-state index in [0.29, 0.717) is 10.6 Å². The van der Waals surface area contributed by atoms with Gasteiger partial charge < -0.3 is 10.6 Å². The Morgan fingerprint density at radius 1 is 1.33 bits per heavy atom. The average Bonchev–Trinajstić information content (AvgIpc) is 2.75. The van der Waals surface area contributed by atoms with Crippen molar-refractivity contribution in [2.24, 2.45) is 0 Å². The SMILES string of the molecule is CC1Cc2cc(N)ccc2N1C(=O)c1cc(Br)ccc1Cl. The molecule has 1 aliphatic heterocycles. The molecular weight excluding hydrogens is 352 g/mol. The van der Waals surface area contributed by atoms with Crippen molar-refractivity contribution in [2.75, 3.05) is 10.6 Å². The number of fused-ring (bicyclic) bond motifs is 1. The summed E-state index contributed by atoms with van der Waals surface area (Å²) in [7, 11) is 0. The molecular formula is C16H14BrClN2O. The number of nitrogens with two attached hydrogens (primary N) is 1. The van der Waals surface area contributed by atoms with Crippen LogP contribution in [0.15, 0.2) is 40.9 Å². The molecule has 0 saturated carbocycles. The van der Waals surface area contributed by atoms with Crippen molar-refractivity contribution in [1.29, 1.82) is 0 Å². The number of nitrogen functional groups attached to an aromatic ring is 1. The molecule has 0 aromatic heterocycles. The number of anilines is 2. The average molecular weight is 366 g/mol. The van der Waals surface area contributed by atoms with E-state index in [0.717, 1.165) is 27.8 Å². The molecule has 21 heavy (non-hydrogen) atoms. The summed E-state index contributed by atoms with van der Waals surface area (Å²) in [5.41, 5.74) is 9.06. The van der Waals surface area contributed by atoms with Crippen LogP contribution in [0, 0.1) is 0 Å². The van der Waals surface area contributed by atoms with Crippen LogP contribution in [0.5, 0.6) is 0 Å². The molecule has 0 saturated heterocycles. The number of carbonyl (C=O) groups excluding carboxylic acids is 1. The van der Waals surface area contributed by atoms with Crippen molar-refractivity contribution in [3.05, 3.63) is 57.0 Å². The molecule has 1 aliphatic rings. The summed E-state index contributed by atoms with van der Waals surface area (Å²) in [4.78, 5) is 14.7. The smallest absolute Gasteiger partial charge is 0.260 e. The summed E-state index contributed by atoms with van der Waals surface area (Å²) in [6.07, 6.45) is 0.803. The zero-order valence-corrected chi connectivity index (χ0v) is 13.8. The molecule has 1 heterocycles. The number of carbonyl (C=O) groups is 1. The number of benzene rings is 2. The first-order valence-corrected chi connectivity index (χ1v) is 7.81. The van der Waals surface area contributed by atoms with Crippen molar-refractivity contribution >= 4 is 44.8 Å². The minimum Gasteiger partial charge on any atom is -0.399 e. The second kappa shape index (κ2) is 5.35. The summed E-state index contributed by atoms with van der Waals surface area (Å²) < 4.78 is 0.833. The van der Waals surface area contributed by atoms with Gasteiger partial charge in [0.05, 0.1) is 10.6 Å². The molecule has 0 fully saturated rings. The molecule has 1 unspecified atom stereocenters. The van der Waals surface area contributed by atoms with Gasteiger partial charge in [0.2, 0.25) is 0 Å². The van der Waals surface area contributed by atoms with E-state index in [4.69, 9.17) is 17.3 Å². The van der Waals surface area contributed by atoms with Gasteiger partial charge in [0, 0.05) is 21.9 Å². The lowest BCUT2D eigenvalue weighted by Gasteiger charge is -2.23. The molecule has 108 valence electrons. The number of nitrogens with zero attached hydrogens (tertiary/aromatic N) is 1. The minimum absolute atomic E-state index is 0.0858.